The summed E-state index contributed by atoms with van der Waals surface area (Å²) in [6, 6.07) is 15.0. The molecule has 4 rings (SSSR count). The van der Waals surface area contributed by atoms with E-state index in [9.17, 15) is 5.11 Å². The molecule has 0 spiro atoms. The third-order valence-electron chi connectivity index (χ3n) is 3.59. The highest BCUT2D eigenvalue weighted by Gasteiger charge is 2.15. The molecule has 0 radical (unpaired) electrons. The van der Waals surface area contributed by atoms with Crippen molar-refractivity contribution in [3.8, 4) is 28.1 Å². The minimum Gasteiger partial charge on any atom is -0.508 e. The Morgan fingerprint density at radius 3 is 2.62 bits per heavy atom. The molecule has 0 bridgehead atoms. The van der Waals surface area contributed by atoms with E-state index in [1.807, 2.05) is 36.5 Å². The van der Waals surface area contributed by atoms with Crippen molar-refractivity contribution in [2.75, 3.05) is 0 Å². The van der Waals surface area contributed by atoms with Gasteiger partial charge in [0.2, 0.25) is 0 Å². The molecule has 0 unspecified atom stereocenters. The van der Waals surface area contributed by atoms with Crippen molar-refractivity contribution in [3.05, 3.63) is 61.0 Å². The number of hydrogen-bond donors (Lipinski definition) is 2. The summed E-state index contributed by atoms with van der Waals surface area (Å²) in [5, 5.41) is 14.6. The number of phenols is 1. The zero-order chi connectivity index (χ0) is 14.2. The molecule has 0 amide bonds. The van der Waals surface area contributed by atoms with Crippen LogP contribution < -0.4 is 0 Å². The number of H-pyrrole nitrogens is 1. The molecular weight excluding hydrogens is 264 g/mol. The Bertz CT molecular complexity index is 904. The molecule has 0 aliphatic carbocycles. The zero-order valence-electron chi connectivity index (χ0n) is 11.1. The molecule has 0 saturated heterocycles. The van der Waals surface area contributed by atoms with E-state index >= 15 is 0 Å². The second-order valence-corrected chi connectivity index (χ2v) is 4.87. The van der Waals surface area contributed by atoms with Gasteiger partial charge in [0, 0.05) is 28.2 Å². The van der Waals surface area contributed by atoms with Gasteiger partial charge in [-0.25, -0.2) is 0 Å². The second-order valence-electron chi connectivity index (χ2n) is 4.87. The molecule has 0 saturated carbocycles. The third-order valence-corrected chi connectivity index (χ3v) is 3.59. The maximum absolute atomic E-state index is 9.40. The number of aromatic amines is 1. The zero-order valence-corrected chi connectivity index (χ0v) is 11.1. The van der Waals surface area contributed by atoms with Crippen molar-refractivity contribution in [2.45, 2.75) is 0 Å². The Kier molecular flexibility index (Phi) is 2.54. The number of aromatic hydroxyl groups is 1. The van der Waals surface area contributed by atoms with Gasteiger partial charge in [0.25, 0.3) is 0 Å². The quantitative estimate of drug-likeness (QED) is 0.577. The van der Waals surface area contributed by atoms with Crippen molar-refractivity contribution in [3.63, 3.8) is 0 Å². The van der Waals surface area contributed by atoms with Crippen molar-refractivity contribution in [2.24, 2.45) is 0 Å². The lowest BCUT2D eigenvalue weighted by Crippen LogP contribution is -1.81. The monoisotopic (exact) mass is 276 g/mol. The second kappa shape index (κ2) is 4.52. The van der Waals surface area contributed by atoms with Gasteiger partial charge in [-0.15, -0.1) is 0 Å². The summed E-state index contributed by atoms with van der Waals surface area (Å²) in [4.78, 5) is 3.25. The lowest BCUT2D eigenvalue weighted by atomic mass is 10.0. The highest BCUT2D eigenvalue weighted by Crippen LogP contribution is 2.35. The van der Waals surface area contributed by atoms with Crippen LogP contribution >= 0.6 is 0 Å². The molecule has 4 heteroatoms. The number of rotatable bonds is 2. The number of benzene rings is 2. The maximum atomic E-state index is 9.40. The van der Waals surface area contributed by atoms with Gasteiger partial charge in [-0.1, -0.05) is 23.4 Å². The van der Waals surface area contributed by atoms with Crippen LogP contribution in [-0.4, -0.2) is 15.2 Å². The predicted octanol–water partition coefficient (Wildman–Crippen LogP) is 4.20. The van der Waals surface area contributed by atoms with E-state index in [1.54, 1.807) is 18.4 Å². The van der Waals surface area contributed by atoms with Crippen LogP contribution in [0.15, 0.2) is 65.5 Å². The van der Waals surface area contributed by atoms with Crippen LogP contribution in [0.5, 0.6) is 5.75 Å². The van der Waals surface area contributed by atoms with Crippen molar-refractivity contribution in [1.29, 1.82) is 0 Å². The predicted molar refractivity (Wildman–Crippen MR) is 80.9 cm³/mol. The number of nitrogens with one attached hydrogen (secondary N) is 1. The summed E-state index contributed by atoms with van der Waals surface area (Å²) in [6.07, 6.45) is 3.61. The Morgan fingerprint density at radius 1 is 0.952 bits per heavy atom. The largest absolute Gasteiger partial charge is 0.508 e. The molecule has 2 N–H and O–H groups in total. The first kappa shape index (κ1) is 11.8. The van der Waals surface area contributed by atoms with Crippen LogP contribution in [0.4, 0.5) is 0 Å². The van der Waals surface area contributed by atoms with Crippen LogP contribution in [-0.2, 0) is 0 Å². The smallest absolute Gasteiger partial charge is 0.132 e. The minimum atomic E-state index is 0.232. The third kappa shape index (κ3) is 1.89. The fourth-order valence-electron chi connectivity index (χ4n) is 2.55. The molecule has 2 aromatic heterocycles. The number of fused-ring (bicyclic) bond motifs is 1. The first-order chi connectivity index (χ1) is 10.3. The van der Waals surface area contributed by atoms with Crippen molar-refractivity contribution in [1.82, 2.24) is 10.1 Å². The van der Waals surface area contributed by atoms with Crippen molar-refractivity contribution < 1.29 is 9.63 Å². The first-order valence-corrected chi connectivity index (χ1v) is 6.63. The maximum Gasteiger partial charge on any atom is 0.132 e. The fraction of sp³-hybridized carbons (Fsp3) is 0. The molecule has 21 heavy (non-hydrogen) atoms. The number of phenolic OH excluding ortho intramolecular Hbond substituents is 1. The summed E-state index contributed by atoms with van der Waals surface area (Å²) in [5.74, 6) is 0.232. The molecule has 4 aromatic rings. The Labute approximate surface area is 120 Å². The van der Waals surface area contributed by atoms with E-state index in [0.717, 1.165) is 33.3 Å². The summed E-state index contributed by atoms with van der Waals surface area (Å²) < 4.78 is 5.18. The Balaban J connectivity index is 1.91. The normalized spacial score (nSPS) is 11.0. The van der Waals surface area contributed by atoms with Crippen molar-refractivity contribution >= 4 is 10.9 Å². The Morgan fingerprint density at radius 2 is 1.76 bits per heavy atom. The summed E-state index contributed by atoms with van der Waals surface area (Å²) >= 11 is 0. The average molecular weight is 276 g/mol. The molecule has 0 fully saturated rings. The Hall–Kier alpha value is -3.01. The van der Waals surface area contributed by atoms with Crippen LogP contribution in [0.2, 0.25) is 0 Å². The molecule has 2 heterocycles. The van der Waals surface area contributed by atoms with Gasteiger partial charge in [0.1, 0.15) is 17.7 Å². The van der Waals surface area contributed by atoms with E-state index in [2.05, 4.69) is 16.2 Å². The van der Waals surface area contributed by atoms with Gasteiger partial charge in [-0.2, -0.15) is 0 Å². The molecule has 4 nitrogen and oxygen atoms in total. The summed E-state index contributed by atoms with van der Waals surface area (Å²) in [5.41, 5.74) is 4.72. The molecule has 0 atom stereocenters. The number of hydrogen-bond acceptors (Lipinski definition) is 3. The first-order valence-electron chi connectivity index (χ1n) is 6.63. The minimum absolute atomic E-state index is 0.232. The topological polar surface area (TPSA) is 62.1 Å². The van der Waals surface area contributed by atoms with Crippen LogP contribution in [0.3, 0.4) is 0 Å². The van der Waals surface area contributed by atoms with E-state index in [0.29, 0.717) is 0 Å². The standard InChI is InChI=1S/C17H12N2O2/c20-12-7-5-11(6-8-12)17-15(10-21-19-17)14-9-18-16-4-2-1-3-13(14)16/h1-10,18,20H. The fourth-order valence-corrected chi connectivity index (χ4v) is 2.55. The van der Waals surface area contributed by atoms with E-state index < -0.39 is 0 Å². The van der Waals surface area contributed by atoms with Crippen LogP contribution in [0.1, 0.15) is 0 Å². The average Bonchev–Trinajstić information content (AvgIpc) is 3.14. The van der Waals surface area contributed by atoms with Gasteiger partial charge in [0.15, 0.2) is 0 Å². The van der Waals surface area contributed by atoms with E-state index in [1.165, 1.54) is 0 Å². The lowest BCUT2D eigenvalue weighted by Gasteiger charge is -2.01. The molecule has 2 aromatic carbocycles. The number of aromatic nitrogens is 2. The summed E-state index contributed by atoms with van der Waals surface area (Å²) in [6.45, 7) is 0. The van der Waals surface area contributed by atoms with Crippen LogP contribution in [0.25, 0.3) is 33.3 Å². The number of para-hydroxylation sites is 1. The SMILES string of the molecule is Oc1ccc(-c2nocc2-c2c[nH]c3ccccc23)cc1. The van der Waals surface area contributed by atoms with Gasteiger partial charge >= 0.3 is 0 Å². The highest BCUT2D eigenvalue weighted by atomic mass is 16.5. The van der Waals surface area contributed by atoms with Crippen LogP contribution in [0, 0.1) is 0 Å². The van der Waals surface area contributed by atoms with Gasteiger partial charge in [0.05, 0.1) is 5.56 Å². The van der Waals surface area contributed by atoms with Gasteiger partial charge in [-0.3, -0.25) is 0 Å². The van der Waals surface area contributed by atoms with Gasteiger partial charge < -0.3 is 14.6 Å². The molecular formula is C17H12N2O2. The summed E-state index contributed by atoms with van der Waals surface area (Å²) in [7, 11) is 0. The molecule has 0 aliphatic heterocycles. The number of nitrogens with zero attached hydrogens (tertiary/aromatic N) is 1. The lowest BCUT2D eigenvalue weighted by molar-refractivity contribution is 0.422. The van der Waals surface area contributed by atoms with Gasteiger partial charge in [-0.05, 0) is 30.3 Å². The van der Waals surface area contributed by atoms with E-state index in [4.69, 9.17) is 4.52 Å². The highest BCUT2D eigenvalue weighted by molar-refractivity contribution is 5.98. The molecule has 0 aliphatic rings. The van der Waals surface area contributed by atoms with E-state index in [-0.39, 0.29) is 5.75 Å². The molecule has 102 valence electrons.